The van der Waals surface area contributed by atoms with Gasteiger partial charge in [0, 0.05) is 16.6 Å². The predicted molar refractivity (Wildman–Crippen MR) is 84.4 cm³/mol. The lowest BCUT2D eigenvalue weighted by atomic mass is 10.2. The summed E-state index contributed by atoms with van der Waals surface area (Å²) in [7, 11) is 0. The van der Waals surface area contributed by atoms with E-state index in [1.54, 1.807) is 12.1 Å². The highest BCUT2D eigenvalue weighted by atomic mass is 79.9. The van der Waals surface area contributed by atoms with E-state index in [-0.39, 0.29) is 11.7 Å². The van der Waals surface area contributed by atoms with E-state index < -0.39 is 0 Å². The molecule has 1 aliphatic rings. The Labute approximate surface area is 131 Å². The third-order valence-electron chi connectivity index (χ3n) is 2.96. The van der Waals surface area contributed by atoms with E-state index in [0.29, 0.717) is 27.4 Å². The Hall–Kier alpha value is -1.27. The molecule has 1 aromatic rings. The van der Waals surface area contributed by atoms with Crippen LogP contribution in [0.15, 0.2) is 28.4 Å². The maximum Gasteiger partial charge on any atom is 0.276 e. The number of carbonyl (C=O) groups is 1. The molecule has 0 bridgehead atoms. The zero-order valence-electron chi connectivity index (χ0n) is 11.0. The summed E-state index contributed by atoms with van der Waals surface area (Å²) < 4.78 is 14.4. The zero-order valence-corrected chi connectivity index (χ0v) is 13.4. The van der Waals surface area contributed by atoms with E-state index in [1.807, 2.05) is 6.92 Å². The molecule has 0 unspecified atom stereocenters. The van der Waals surface area contributed by atoms with Gasteiger partial charge in [-0.15, -0.1) is 0 Å². The van der Waals surface area contributed by atoms with Crippen LogP contribution in [0.25, 0.3) is 6.08 Å². The first-order valence-corrected chi connectivity index (χ1v) is 7.52. The summed E-state index contributed by atoms with van der Waals surface area (Å²) in [6.45, 7) is 2.63. The molecule has 1 N–H and O–H groups in total. The van der Waals surface area contributed by atoms with Gasteiger partial charge in [-0.2, -0.15) is 0 Å². The van der Waals surface area contributed by atoms with Crippen molar-refractivity contribution >= 4 is 45.2 Å². The Morgan fingerprint density at radius 2 is 2.25 bits per heavy atom. The number of rotatable bonds is 4. The Morgan fingerprint density at radius 1 is 1.50 bits per heavy atom. The average Bonchev–Trinajstić information content (AvgIpc) is 2.66. The molecule has 3 nitrogen and oxygen atoms in total. The lowest BCUT2D eigenvalue weighted by Gasteiger charge is -2.12. The summed E-state index contributed by atoms with van der Waals surface area (Å²) in [6.07, 6.45) is 3.35. The number of hydrogen-bond donors (Lipinski definition) is 1. The molecule has 0 aliphatic carbocycles. The van der Waals surface area contributed by atoms with Crippen molar-refractivity contribution in [1.29, 1.82) is 0 Å². The summed E-state index contributed by atoms with van der Waals surface area (Å²) in [4.78, 5) is 13.7. The molecule has 0 aromatic heterocycles. The Balaban J connectivity index is 2.23. The number of nitrogens with one attached hydrogen (secondary N) is 1. The van der Waals surface area contributed by atoms with Crippen molar-refractivity contribution in [1.82, 2.24) is 10.2 Å². The Bertz CT molecular complexity index is 589. The summed E-state index contributed by atoms with van der Waals surface area (Å²) in [5.74, 6) is -0.592. The van der Waals surface area contributed by atoms with Gasteiger partial charge in [-0.05, 0) is 36.8 Å². The molecule has 1 aliphatic heterocycles. The van der Waals surface area contributed by atoms with Crippen LogP contribution in [-0.2, 0) is 4.79 Å². The molecule has 1 amide bonds. The number of nitrogens with zero attached hydrogens (tertiary/aromatic N) is 1. The SMILES string of the molecule is CCCCN1C(=O)C(=Cc2ccc(Br)cc2F)NC1=S. The Kier molecular flexibility index (Phi) is 4.88. The van der Waals surface area contributed by atoms with E-state index in [4.69, 9.17) is 12.2 Å². The van der Waals surface area contributed by atoms with Gasteiger partial charge in [0.15, 0.2) is 5.11 Å². The molecule has 1 saturated heterocycles. The van der Waals surface area contributed by atoms with Gasteiger partial charge in [0.1, 0.15) is 11.5 Å². The average molecular weight is 357 g/mol. The van der Waals surface area contributed by atoms with Gasteiger partial charge in [-0.25, -0.2) is 4.39 Å². The van der Waals surface area contributed by atoms with Crippen LogP contribution in [0.5, 0.6) is 0 Å². The highest BCUT2D eigenvalue weighted by molar-refractivity contribution is 9.10. The second-order valence-electron chi connectivity index (χ2n) is 4.46. The van der Waals surface area contributed by atoms with Crippen molar-refractivity contribution in [3.05, 3.63) is 39.7 Å². The molecule has 0 saturated carbocycles. The monoisotopic (exact) mass is 356 g/mol. The fraction of sp³-hybridized carbons (Fsp3) is 0.286. The van der Waals surface area contributed by atoms with E-state index >= 15 is 0 Å². The van der Waals surface area contributed by atoms with Crippen LogP contribution in [0.4, 0.5) is 4.39 Å². The van der Waals surface area contributed by atoms with Crippen LogP contribution in [0.2, 0.25) is 0 Å². The molecule has 0 atom stereocenters. The minimum atomic E-state index is -0.389. The predicted octanol–water partition coefficient (Wildman–Crippen LogP) is 3.45. The minimum absolute atomic E-state index is 0.203. The van der Waals surface area contributed by atoms with Crippen molar-refractivity contribution < 1.29 is 9.18 Å². The molecule has 0 spiro atoms. The highest BCUT2D eigenvalue weighted by Gasteiger charge is 2.30. The molecule has 2 rings (SSSR count). The topological polar surface area (TPSA) is 32.3 Å². The van der Waals surface area contributed by atoms with Crippen LogP contribution in [-0.4, -0.2) is 22.5 Å². The third kappa shape index (κ3) is 3.24. The van der Waals surface area contributed by atoms with Crippen molar-refractivity contribution in [3.8, 4) is 0 Å². The van der Waals surface area contributed by atoms with Gasteiger partial charge in [-0.3, -0.25) is 9.69 Å². The zero-order chi connectivity index (χ0) is 14.7. The number of thiocarbonyl (C=S) groups is 1. The van der Waals surface area contributed by atoms with Crippen molar-refractivity contribution in [2.45, 2.75) is 19.8 Å². The molecule has 0 radical (unpaired) electrons. The van der Waals surface area contributed by atoms with E-state index in [9.17, 15) is 9.18 Å². The number of hydrogen-bond acceptors (Lipinski definition) is 2. The standard InChI is InChI=1S/C14H14BrFN2OS/c1-2-3-6-18-13(19)12(17-14(18)20)7-9-4-5-10(15)8-11(9)16/h4-5,7-8H,2-3,6H2,1H3,(H,17,20). The van der Waals surface area contributed by atoms with E-state index in [2.05, 4.69) is 21.2 Å². The van der Waals surface area contributed by atoms with Gasteiger partial charge in [-0.1, -0.05) is 35.3 Å². The molecular formula is C14H14BrFN2OS. The number of unbranched alkanes of at least 4 members (excludes halogenated alkanes) is 1. The van der Waals surface area contributed by atoms with Crippen LogP contribution >= 0.6 is 28.1 Å². The quantitative estimate of drug-likeness (QED) is 0.662. The fourth-order valence-electron chi connectivity index (χ4n) is 1.86. The fourth-order valence-corrected chi connectivity index (χ4v) is 2.48. The van der Waals surface area contributed by atoms with Crippen LogP contribution in [0.3, 0.4) is 0 Å². The minimum Gasteiger partial charge on any atom is -0.328 e. The van der Waals surface area contributed by atoms with Crippen LogP contribution in [0, 0.1) is 5.82 Å². The van der Waals surface area contributed by atoms with Gasteiger partial charge < -0.3 is 5.32 Å². The summed E-state index contributed by atoms with van der Waals surface area (Å²) in [5.41, 5.74) is 0.663. The van der Waals surface area contributed by atoms with Crippen LogP contribution < -0.4 is 5.32 Å². The number of amides is 1. The summed E-state index contributed by atoms with van der Waals surface area (Å²) in [5, 5.41) is 3.23. The van der Waals surface area contributed by atoms with Gasteiger partial charge >= 0.3 is 0 Å². The van der Waals surface area contributed by atoms with Crippen LogP contribution in [0.1, 0.15) is 25.3 Å². The summed E-state index contributed by atoms with van der Waals surface area (Å²) in [6, 6.07) is 4.69. The first-order chi connectivity index (χ1) is 9.52. The second kappa shape index (κ2) is 6.45. The van der Waals surface area contributed by atoms with Crippen molar-refractivity contribution in [3.63, 3.8) is 0 Å². The molecular weight excluding hydrogens is 343 g/mol. The highest BCUT2D eigenvalue weighted by Crippen LogP contribution is 2.20. The molecule has 6 heteroatoms. The lowest BCUT2D eigenvalue weighted by Crippen LogP contribution is -2.31. The second-order valence-corrected chi connectivity index (χ2v) is 5.77. The molecule has 1 fully saturated rings. The Morgan fingerprint density at radius 3 is 2.90 bits per heavy atom. The van der Waals surface area contributed by atoms with Gasteiger partial charge in [0.05, 0.1) is 0 Å². The van der Waals surface area contributed by atoms with Crippen molar-refractivity contribution in [2.75, 3.05) is 6.54 Å². The first-order valence-electron chi connectivity index (χ1n) is 6.32. The molecule has 1 aromatic carbocycles. The van der Waals surface area contributed by atoms with E-state index in [1.165, 1.54) is 17.0 Å². The third-order valence-corrected chi connectivity index (χ3v) is 3.78. The summed E-state index contributed by atoms with van der Waals surface area (Å²) >= 11 is 8.33. The first kappa shape index (κ1) is 15.1. The number of benzene rings is 1. The normalized spacial score (nSPS) is 16.9. The smallest absolute Gasteiger partial charge is 0.276 e. The number of carbonyl (C=O) groups excluding carboxylic acids is 1. The molecule has 106 valence electrons. The molecule has 1 heterocycles. The maximum absolute atomic E-state index is 13.8. The number of halogens is 2. The lowest BCUT2D eigenvalue weighted by molar-refractivity contribution is -0.122. The van der Waals surface area contributed by atoms with Crippen molar-refractivity contribution in [2.24, 2.45) is 0 Å². The largest absolute Gasteiger partial charge is 0.328 e. The van der Waals surface area contributed by atoms with Gasteiger partial charge in [0.2, 0.25) is 0 Å². The van der Waals surface area contributed by atoms with E-state index in [0.717, 1.165) is 12.8 Å². The molecule has 20 heavy (non-hydrogen) atoms. The maximum atomic E-state index is 13.8. The van der Waals surface area contributed by atoms with Gasteiger partial charge in [0.25, 0.3) is 5.91 Å².